The fourth-order valence-corrected chi connectivity index (χ4v) is 1.15. The summed E-state index contributed by atoms with van der Waals surface area (Å²) in [5.74, 6) is -0.566. The van der Waals surface area contributed by atoms with Gasteiger partial charge in [0, 0.05) is 0 Å². The quantitative estimate of drug-likeness (QED) is 0.314. The van der Waals surface area contributed by atoms with Crippen molar-refractivity contribution in [2.45, 2.75) is 36.5 Å². The normalized spacial score (nSPS) is 27.3. The molecule has 0 amide bonds. The number of halogens is 3. The molecule has 0 N–H and O–H groups in total. The number of rotatable bonds is 1. The number of carbonyl (C=O) groups is 1. The van der Waals surface area contributed by atoms with E-state index in [4.69, 9.17) is 44.4 Å². The van der Waals surface area contributed by atoms with Crippen molar-refractivity contribution in [2.75, 3.05) is 0 Å². The summed E-state index contributed by atoms with van der Waals surface area (Å²) < 4.78 is 3.27. The van der Waals surface area contributed by atoms with Gasteiger partial charge in [0.15, 0.2) is 0 Å². The van der Waals surface area contributed by atoms with Gasteiger partial charge in [-0.2, -0.15) is 0 Å². The van der Waals surface area contributed by atoms with Crippen LogP contribution in [0.3, 0.4) is 0 Å². The molecular formula is C7H10Cl3NO3. The summed E-state index contributed by atoms with van der Waals surface area (Å²) in [6.45, 7) is 5.23. The molecule has 0 aromatic heterocycles. The third kappa shape index (κ3) is 3.44. The second-order valence-corrected chi connectivity index (χ2v) is 6.01. The highest BCUT2D eigenvalue weighted by atomic mass is 35.6. The molecule has 0 bridgehead atoms. The highest BCUT2D eigenvalue weighted by molar-refractivity contribution is 6.67. The topological polar surface area (TPSA) is 41.8 Å². The van der Waals surface area contributed by atoms with Gasteiger partial charge in [0.1, 0.15) is 5.60 Å². The van der Waals surface area contributed by atoms with Crippen LogP contribution in [0.5, 0.6) is 0 Å². The fourth-order valence-electron chi connectivity index (χ4n) is 0.764. The van der Waals surface area contributed by atoms with Gasteiger partial charge in [-0.3, -0.25) is 4.84 Å². The highest BCUT2D eigenvalue weighted by Gasteiger charge is 2.56. The van der Waals surface area contributed by atoms with Crippen molar-refractivity contribution in [1.82, 2.24) is 5.06 Å². The van der Waals surface area contributed by atoms with E-state index in [1.807, 2.05) is 0 Å². The maximum Gasteiger partial charge on any atom is 0.355 e. The van der Waals surface area contributed by atoms with Crippen LogP contribution in [0.4, 0.5) is 0 Å². The van der Waals surface area contributed by atoms with E-state index in [0.29, 0.717) is 0 Å². The third-order valence-corrected chi connectivity index (χ3v) is 1.74. The average Bonchev–Trinajstić information content (AvgIpc) is 2.55. The van der Waals surface area contributed by atoms with Gasteiger partial charge in [0.2, 0.25) is 0 Å². The van der Waals surface area contributed by atoms with Crippen LogP contribution >= 0.6 is 34.8 Å². The van der Waals surface area contributed by atoms with Crippen LogP contribution in [-0.2, 0) is 14.4 Å². The number of carbonyl (C=O) groups excluding carboxylic acids is 1. The molecule has 0 saturated carbocycles. The van der Waals surface area contributed by atoms with Gasteiger partial charge in [-0.15, -0.1) is 0 Å². The number of hydrogen-bond acceptors (Lipinski definition) is 4. The lowest BCUT2D eigenvalue weighted by molar-refractivity contribution is -0.156. The van der Waals surface area contributed by atoms with E-state index in [-0.39, 0.29) is 0 Å². The van der Waals surface area contributed by atoms with E-state index in [1.54, 1.807) is 20.8 Å². The number of ether oxygens (including phenoxy) is 1. The van der Waals surface area contributed by atoms with Crippen LogP contribution in [0.1, 0.15) is 20.8 Å². The van der Waals surface area contributed by atoms with Crippen LogP contribution in [0.25, 0.3) is 0 Å². The molecule has 14 heavy (non-hydrogen) atoms. The van der Waals surface area contributed by atoms with Gasteiger partial charge in [0.25, 0.3) is 10.1 Å². The van der Waals surface area contributed by atoms with Crippen LogP contribution in [0.2, 0.25) is 0 Å². The smallest absolute Gasteiger partial charge is 0.355 e. The Balaban J connectivity index is 2.45. The van der Waals surface area contributed by atoms with Gasteiger partial charge >= 0.3 is 5.97 Å². The summed E-state index contributed by atoms with van der Waals surface area (Å²) in [4.78, 5) is 16.1. The Morgan fingerprint density at radius 2 is 1.86 bits per heavy atom. The van der Waals surface area contributed by atoms with E-state index in [9.17, 15) is 4.79 Å². The molecule has 1 aliphatic heterocycles. The second kappa shape index (κ2) is 3.68. The molecule has 0 radical (unpaired) electrons. The van der Waals surface area contributed by atoms with Gasteiger partial charge in [-0.1, -0.05) is 39.9 Å². The summed E-state index contributed by atoms with van der Waals surface area (Å²) in [7, 11) is 0. The number of esters is 1. The lowest BCUT2D eigenvalue weighted by atomic mass is 10.2. The summed E-state index contributed by atoms with van der Waals surface area (Å²) >= 11 is 16.4. The Morgan fingerprint density at radius 1 is 1.36 bits per heavy atom. The predicted octanol–water partition coefficient (Wildman–Crippen LogP) is 2.23. The maximum absolute atomic E-state index is 11.3. The SMILES string of the molecule is CC(C)(C)OC(=O)C1ON1C(Cl)(Cl)Cl. The molecule has 1 rings (SSSR count). The molecule has 1 saturated heterocycles. The molecule has 1 aliphatic rings. The summed E-state index contributed by atoms with van der Waals surface area (Å²) in [6, 6.07) is 0. The molecule has 2 unspecified atom stereocenters. The molecular weight excluding hydrogens is 252 g/mol. The largest absolute Gasteiger partial charge is 0.457 e. The lowest BCUT2D eigenvalue weighted by Crippen LogP contribution is -2.30. The zero-order chi connectivity index (χ0) is 11.1. The average molecular weight is 263 g/mol. The van der Waals surface area contributed by atoms with Gasteiger partial charge in [0.05, 0.1) is 0 Å². The van der Waals surface area contributed by atoms with E-state index in [1.165, 1.54) is 0 Å². The first-order valence-electron chi connectivity index (χ1n) is 3.87. The monoisotopic (exact) mass is 261 g/mol. The minimum Gasteiger partial charge on any atom is -0.457 e. The second-order valence-electron chi connectivity index (χ2n) is 3.78. The van der Waals surface area contributed by atoms with E-state index < -0.39 is 21.7 Å². The van der Waals surface area contributed by atoms with Crippen LogP contribution < -0.4 is 0 Å². The molecule has 0 spiro atoms. The van der Waals surface area contributed by atoms with Crippen LogP contribution in [-0.4, -0.2) is 26.8 Å². The predicted molar refractivity (Wildman–Crippen MR) is 52.8 cm³/mol. The maximum atomic E-state index is 11.3. The highest BCUT2D eigenvalue weighted by Crippen LogP contribution is 2.41. The van der Waals surface area contributed by atoms with E-state index >= 15 is 0 Å². The van der Waals surface area contributed by atoms with Crippen molar-refractivity contribution in [2.24, 2.45) is 0 Å². The van der Waals surface area contributed by atoms with E-state index in [2.05, 4.69) is 0 Å². The molecule has 1 heterocycles. The zero-order valence-corrected chi connectivity index (χ0v) is 10.2. The van der Waals surface area contributed by atoms with Crippen molar-refractivity contribution < 1.29 is 14.4 Å². The molecule has 7 heteroatoms. The molecule has 0 aromatic carbocycles. The molecule has 0 aromatic rings. The molecule has 1 fully saturated rings. The standard InChI is InChI=1S/C7H10Cl3NO3/c1-6(2,3)13-5(12)4-11(14-4)7(8,9)10/h4H,1-3H3. The molecule has 4 nitrogen and oxygen atoms in total. The van der Waals surface area contributed by atoms with Crippen molar-refractivity contribution in [1.29, 1.82) is 0 Å². The summed E-state index contributed by atoms with van der Waals surface area (Å²) in [5.41, 5.74) is -0.581. The molecule has 0 aliphatic carbocycles. The Labute approximate surface area is 96.9 Å². The minimum atomic E-state index is -1.73. The Hall–Kier alpha value is 0.260. The first-order chi connectivity index (χ1) is 6.11. The zero-order valence-electron chi connectivity index (χ0n) is 7.88. The van der Waals surface area contributed by atoms with Crippen molar-refractivity contribution in [3.63, 3.8) is 0 Å². The molecule has 82 valence electrons. The number of hydrogen-bond donors (Lipinski definition) is 0. The van der Waals surface area contributed by atoms with Gasteiger partial charge in [-0.25, -0.2) is 4.79 Å². The van der Waals surface area contributed by atoms with Crippen molar-refractivity contribution in [3.05, 3.63) is 0 Å². The number of alkyl halides is 3. The first kappa shape index (κ1) is 12.3. The summed E-state index contributed by atoms with van der Waals surface area (Å²) in [5, 5.41) is 0.936. The van der Waals surface area contributed by atoms with Gasteiger partial charge < -0.3 is 4.74 Å². The van der Waals surface area contributed by atoms with Crippen molar-refractivity contribution in [3.8, 4) is 0 Å². The summed E-state index contributed by atoms with van der Waals surface area (Å²) in [6.07, 6.45) is -0.915. The minimum absolute atomic E-state index is 0.566. The Kier molecular flexibility index (Phi) is 3.24. The van der Waals surface area contributed by atoms with Crippen LogP contribution in [0.15, 0.2) is 0 Å². The van der Waals surface area contributed by atoms with Gasteiger partial charge in [-0.05, 0) is 20.8 Å². The Morgan fingerprint density at radius 3 is 2.14 bits per heavy atom. The molecule has 2 atom stereocenters. The number of hydroxylamine groups is 2. The fraction of sp³-hybridized carbons (Fsp3) is 0.857. The Bertz CT molecular complexity index is 246. The van der Waals surface area contributed by atoms with Crippen LogP contribution in [0, 0.1) is 0 Å². The lowest BCUT2D eigenvalue weighted by Gasteiger charge is -2.18. The number of nitrogens with zero attached hydrogens (tertiary/aromatic N) is 1. The third-order valence-electron chi connectivity index (χ3n) is 1.24. The van der Waals surface area contributed by atoms with E-state index in [0.717, 1.165) is 5.06 Å². The first-order valence-corrected chi connectivity index (χ1v) is 5.00. The van der Waals surface area contributed by atoms with Crippen molar-refractivity contribution >= 4 is 40.8 Å².